The molecule has 1 aromatic rings. The third-order valence-corrected chi connectivity index (χ3v) is 2.75. The lowest BCUT2D eigenvalue weighted by Gasteiger charge is -2.29. The molecule has 4 nitrogen and oxygen atoms in total. The van der Waals surface area contributed by atoms with Crippen molar-refractivity contribution in [3.8, 4) is 0 Å². The van der Waals surface area contributed by atoms with Crippen LogP contribution in [0.2, 0.25) is 0 Å². The summed E-state index contributed by atoms with van der Waals surface area (Å²) < 4.78 is 0. The highest BCUT2D eigenvalue weighted by Crippen LogP contribution is 2.14. The molecule has 0 aliphatic carbocycles. The van der Waals surface area contributed by atoms with E-state index in [1.54, 1.807) is 4.90 Å². The van der Waals surface area contributed by atoms with Crippen LogP contribution in [0.25, 0.3) is 0 Å². The molecule has 4 heteroatoms. The van der Waals surface area contributed by atoms with Gasteiger partial charge in [0.2, 0.25) is 0 Å². The Morgan fingerprint density at radius 3 is 2.81 bits per heavy atom. The van der Waals surface area contributed by atoms with Gasteiger partial charge in [0.25, 0.3) is 0 Å². The number of carbonyl (C=O) groups is 1. The Labute approximate surface area is 94.9 Å². The van der Waals surface area contributed by atoms with Crippen molar-refractivity contribution in [3.05, 3.63) is 35.9 Å². The maximum atomic E-state index is 11.5. The number of nitrogens with zero attached hydrogens (tertiary/aromatic N) is 1. The first kappa shape index (κ1) is 11.0. The molecule has 1 aliphatic heterocycles. The standard InChI is InChI=1S/C12H16N2O2/c15-11(10-5-2-1-3-6-10)9-14-8-4-7-13-12(14)16/h1-3,5-6,11,15H,4,7-9H2,(H,13,16). The SMILES string of the molecule is O=C1NCCCN1CC(O)c1ccccc1. The molecule has 0 radical (unpaired) electrons. The number of hydrogen-bond donors (Lipinski definition) is 2. The minimum Gasteiger partial charge on any atom is -0.387 e. The number of aliphatic hydroxyl groups is 1. The van der Waals surface area contributed by atoms with Gasteiger partial charge >= 0.3 is 6.03 Å². The molecular formula is C12H16N2O2. The van der Waals surface area contributed by atoms with Crippen molar-refractivity contribution in [2.45, 2.75) is 12.5 Å². The molecule has 2 rings (SSSR count). The Morgan fingerprint density at radius 2 is 2.12 bits per heavy atom. The highest BCUT2D eigenvalue weighted by Gasteiger charge is 2.20. The summed E-state index contributed by atoms with van der Waals surface area (Å²) in [5.74, 6) is 0. The monoisotopic (exact) mass is 220 g/mol. The van der Waals surface area contributed by atoms with Crippen LogP contribution in [-0.2, 0) is 0 Å². The van der Waals surface area contributed by atoms with Crippen molar-refractivity contribution in [2.24, 2.45) is 0 Å². The number of aliphatic hydroxyl groups excluding tert-OH is 1. The molecule has 0 bridgehead atoms. The fourth-order valence-corrected chi connectivity index (χ4v) is 1.84. The van der Waals surface area contributed by atoms with Crippen LogP contribution in [0.4, 0.5) is 4.79 Å². The number of rotatable bonds is 3. The van der Waals surface area contributed by atoms with E-state index < -0.39 is 6.10 Å². The number of urea groups is 1. The zero-order valence-electron chi connectivity index (χ0n) is 9.10. The number of amides is 2. The van der Waals surface area contributed by atoms with E-state index in [1.807, 2.05) is 30.3 Å². The summed E-state index contributed by atoms with van der Waals surface area (Å²) >= 11 is 0. The number of hydrogen-bond acceptors (Lipinski definition) is 2. The van der Waals surface area contributed by atoms with Crippen LogP contribution in [-0.4, -0.2) is 35.7 Å². The fourth-order valence-electron chi connectivity index (χ4n) is 1.84. The van der Waals surface area contributed by atoms with Crippen molar-refractivity contribution < 1.29 is 9.90 Å². The lowest BCUT2D eigenvalue weighted by atomic mass is 10.1. The molecule has 0 saturated carbocycles. The van der Waals surface area contributed by atoms with E-state index in [-0.39, 0.29) is 6.03 Å². The molecule has 1 atom stereocenters. The molecule has 0 spiro atoms. The van der Waals surface area contributed by atoms with Gasteiger partial charge in [0, 0.05) is 13.1 Å². The van der Waals surface area contributed by atoms with Crippen LogP contribution in [0, 0.1) is 0 Å². The van der Waals surface area contributed by atoms with Crippen molar-refractivity contribution in [1.82, 2.24) is 10.2 Å². The summed E-state index contributed by atoms with van der Waals surface area (Å²) in [6, 6.07) is 9.33. The van der Waals surface area contributed by atoms with Crippen LogP contribution in [0.5, 0.6) is 0 Å². The number of benzene rings is 1. The van der Waals surface area contributed by atoms with Gasteiger partial charge in [0.1, 0.15) is 0 Å². The van der Waals surface area contributed by atoms with Gasteiger partial charge in [-0.3, -0.25) is 0 Å². The summed E-state index contributed by atoms with van der Waals surface area (Å²) in [6.45, 7) is 1.81. The molecule has 1 saturated heterocycles. The van der Waals surface area contributed by atoms with Gasteiger partial charge < -0.3 is 15.3 Å². The second-order valence-electron chi connectivity index (χ2n) is 3.96. The van der Waals surface area contributed by atoms with Gasteiger partial charge in [0.15, 0.2) is 0 Å². The van der Waals surface area contributed by atoms with E-state index in [0.717, 1.165) is 25.1 Å². The van der Waals surface area contributed by atoms with Gasteiger partial charge in [-0.25, -0.2) is 4.79 Å². The molecule has 86 valence electrons. The summed E-state index contributed by atoms with van der Waals surface area (Å²) in [7, 11) is 0. The van der Waals surface area contributed by atoms with Crippen LogP contribution in [0.1, 0.15) is 18.1 Å². The first-order chi connectivity index (χ1) is 7.77. The number of β-amino-alcohol motifs (C(OH)–C–C–N with tert-alkyl or cyclic N) is 1. The van der Waals surface area contributed by atoms with Crippen LogP contribution in [0.3, 0.4) is 0 Å². The van der Waals surface area contributed by atoms with Gasteiger partial charge in [-0.05, 0) is 12.0 Å². The zero-order valence-corrected chi connectivity index (χ0v) is 9.10. The van der Waals surface area contributed by atoms with E-state index in [9.17, 15) is 9.90 Å². The largest absolute Gasteiger partial charge is 0.387 e. The Morgan fingerprint density at radius 1 is 1.38 bits per heavy atom. The molecule has 16 heavy (non-hydrogen) atoms. The number of nitrogens with one attached hydrogen (secondary N) is 1. The summed E-state index contributed by atoms with van der Waals surface area (Å²) in [6.07, 6.45) is 0.331. The second-order valence-corrected chi connectivity index (χ2v) is 3.96. The van der Waals surface area contributed by atoms with Gasteiger partial charge in [-0.1, -0.05) is 30.3 Å². The minimum atomic E-state index is -0.606. The van der Waals surface area contributed by atoms with Crippen LogP contribution in [0.15, 0.2) is 30.3 Å². The highest BCUT2D eigenvalue weighted by molar-refractivity contribution is 5.74. The van der Waals surface area contributed by atoms with Gasteiger partial charge in [-0.2, -0.15) is 0 Å². The summed E-state index contributed by atoms with van der Waals surface area (Å²) in [5.41, 5.74) is 0.848. The molecule has 1 aliphatic rings. The average Bonchev–Trinajstić information content (AvgIpc) is 2.33. The first-order valence-corrected chi connectivity index (χ1v) is 5.53. The average molecular weight is 220 g/mol. The Hall–Kier alpha value is -1.55. The Balaban J connectivity index is 1.96. The Kier molecular flexibility index (Phi) is 3.41. The van der Waals surface area contributed by atoms with E-state index >= 15 is 0 Å². The number of carbonyl (C=O) groups excluding carboxylic acids is 1. The molecule has 1 unspecified atom stereocenters. The van der Waals surface area contributed by atoms with E-state index in [2.05, 4.69) is 5.32 Å². The van der Waals surface area contributed by atoms with Crippen molar-refractivity contribution in [3.63, 3.8) is 0 Å². The molecule has 1 heterocycles. The lowest BCUT2D eigenvalue weighted by molar-refractivity contribution is 0.114. The second kappa shape index (κ2) is 4.99. The lowest BCUT2D eigenvalue weighted by Crippen LogP contribution is -2.47. The molecule has 2 amide bonds. The smallest absolute Gasteiger partial charge is 0.317 e. The predicted octanol–water partition coefficient (Wildman–Crippen LogP) is 1.14. The topological polar surface area (TPSA) is 52.6 Å². The van der Waals surface area contributed by atoms with E-state index in [1.165, 1.54) is 0 Å². The molecular weight excluding hydrogens is 204 g/mol. The minimum absolute atomic E-state index is 0.0822. The summed E-state index contributed by atoms with van der Waals surface area (Å²) in [4.78, 5) is 13.1. The van der Waals surface area contributed by atoms with Crippen LogP contribution >= 0.6 is 0 Å². The molecule has 0 aromatic heterocycles. The first-order valence-electron chi connectivity index (χ1n) is 5.53. The Bertz CT molecular complexity index is 353. The zero-order chi connectivity index (χ0) is 11.4. The third-order valence-electron chi connectivity index (χ3n) is 2.75. The van der Waals surface area contributed by atoms with E-state index in [0.29, 0.717) is 6.54 Å². The quantitative estimate of drug-likeness (QED) is 0.802. The van der Waals surface area contributed by atoms with Gasteiger partial charge in [0.05, 0.1) is 12.6 Å². The predicted molar refractivity (Wildman–Crippen MR) is 61.0 cm³/mol. The maximum Gasteiger partial charge on any atom is 0.317 e. The molecule has 2 N–H and O–H groups in total. The fraction of sp³-hybridized carbons (Fsp3) is 0.417. The van der Waals surface area contributed by atoms with Crippen molar-refractivity contribution in [1.29, 1.82) is 0 Å². The normalized spacial score (nSPS) is 18.1. The van der Waals surface area contributed by atoms with Crippen molar-refractivity contribution >= 4 is 6.03 Å². The third kappa shape index (κ3) is 2.52. The van der Waals surface area contributed by atoms with Crippen molar-refractivity contribution in [2.75, 3.05) is 19.6 Å². The van der Waals surface area contributed by atoms with Gasteiger partial charge in [-0.15, -0.1) is 0 Å². The summed E-state index contributed by atoms with van der Waals surface area (Å²) in [5, 5.41) is 12.7. The maximum absolute atomic E-state index is 11.5. The molecule has 1 fully saturated rings. The molecule has 1 aromatic carbocycles. The highest BCUT2D eigenvalue weighted by atomic mass is 16.3. The van der Waals surface area contributed by atoms with Crippen LogP contribution < -0.4 is 5.32 Å². The van der Waals surface area contributed by atoms with E-state index in [4.69, 9.17) is 0 Å².